The predicted octanol–water partition coefficient (Wildman–Crippen LogP) is 4.51. The lowest BCUT2D eigenvalue weighted by atomic mass is 10.1. The van der Waals surface area contributed by atoms with Crippen LogP contribution in [0.2, 0.25) is 0 Å². The molecular formula is C14H13F4NS. The molecule has 0 saturated heterocycles. The maximum atomic E-state index is 12.9. The zero-order chi connectivity index (χ0) is 14.8. The van der Waals surface area contributed by atoms with Gasteiger partial charge >= 0.3 is 6.18 Å². The van der Waals surface area contributed by atoms with Gasteiger partial charge in [0.25, 0.3) is 0 Å². The number of thiophene rings is 1. The van der Waals surface area contributed by atoms with Gasteiger partial charge in [-0.1, -0.05) is 12.1 Å². The van der Waals surface area contributed by atoms with Gasteiger partial charge in [-0.05, 0) is 41.1 Å². The Bertz CT molecular complexity index is 572. The Morgan fingerprint density at radius 2 is 1.80 bits per heavy atom. The molecule has 108 valence electrons. The number of halogens is 4. The van der Waals surface area contributed by atoms with Crippen molar-refractivity contribution in [3.05, 3.63) is 46.6 Å². The predicted molar refractivity (Wildman–Crippen MR) is 72.2 cm³/mol. The van der Waals surface area contributed by atoms with Crippen molar-refractivity contribution in [2.24, 2.45) is 0 Å². The lowest BCUT2D eigenvalue weighted by Gasteiger charge is -2.08. The van der Waals surface area contributed by atoms with E-state index in [2.05, 4.69) is 5.32 Å². The van der Waals surface area contributed by atoms with Gasteiger partial charge in [0, 0.05) is 11.4 Å². The second kappa shape index (κ2) is 5.93. The summed E-state index contributed by atoms with van der Waals surface area (Å²) in [6, 6.07) is 6.08. The summed E-state index contributed by atoms with van der Waals surface area (Å²) in [6.45, 7) is 1.02. The molecule has 6 heteroatoms. The molecule has 0 spiro atoms. The fourth-order valence-electron chi connectivity index (χ4n) is 1.85. The normalized spacial score (nSPS) is 11.8. The molecule has 0 atom stereocenters. The van der Waals surface area contributed by atoms with Crippen LogP contribution in [0.1, 0.15) is 11.1 Å². The molecular weight excluding hydrogens is 290 g/mol. The topological polar surface area (TPSA) is 12.0 Å². The van der Waals surface area contributed by atoms with Crippen LogP contribution in [0.3, 0.4) is 0 Å². The maximum absolute atomic E-state index is 12.9. The molecule has 2 rings (SSSR count). The van der Waals surface area contributed by atoms with Crippen molar-refractivity contribution in [3.63, 3.8) is 0 Å². The molecule has 0 saturated carbocycles. The SMILES string of the molecule is Cc1c(CNCC(F)(F)F)csc1-c1ccc(F)cc1. The quantitative estimate of drug-likeness (QED) is 0.819. The van der Waals surface area contributed by atoms with Gasteiger partial charge in [0.2, 0.25) is 0 Å². The van der Waals surface area contributed by atoms with E-state index in [0.717, 1.165) is 21.6 Å². The van der Waals surface area contributed by atoms with Crippen LogP contribution in [0.25, 0.3) is 10.4 Å². The molecule has 2 aromatic rings. The Labute approximate surface area is 118 Å². The van der Waals surface area contributed by atoms with E-state index in [1.54, 1.807) is 12.1 Å². The molecule has 1 aromatic heterocycles. The maximum Gasteiger partial charge on any atom is 0.401 e. The van der Waals surface area contributed by atoms with Gasteiger partial charge in [-0.3, -0.25) is 0 Å². The molecule has 1 heterocycles. The Hall–Kier alpha value is -1.40. The Morgan fingerprint density at radius 3 is 2.40 bits per heavy atom. The van der Waals surface area contributed by atoms with Crippen molar-refractivity contribution >= 4 is 11.3 Å². The van der Waals surface area contributed by atoms with Gasteiger partial charge in [-0.25, -0.2) is 4.39 Å². The molecule has 0 unspecified atom stereocenters. The van der Waals surface area contributed by atoms with E-state index in [-0.39, 0.29) is 12.4 Å². The molecule has 0 aliphatic heterocycles. The fraction of sp³-hybridized carbons (Fsp3) is 0.286. The highest BCUT2D eigenvalue weighted by Crippen LogP contribution is 2.32. The molecule has 1 N–H and O–H groups in total. The number of hydrogen-bond acceptors (Lipinski definition) is 2. The summed E-state index contributed by atoms with van der Waals surface area (Å²) < 4.78 is 49.1. The first-order valence-electron chi connectivity index (χ1n) is 5.97. The fourth-order valence-corrected chi connectivity index (χ4v) is 2.95. The largest absolute Gasteiger partial charge is 0.401 e. The third-order valence-electron chi connectivity index (χ3n) is 2.89. The van der Waals surface area contributed by atoms with E-state index in [0.29, 0.717) is 0 Å². The second-order valence-electron chi connectivity index (χ2n) is 4.44. The molecule has 0 aliphatic rings. The first-order chi connectivity index (χ1) is 9.37. The van der Waals surface area contributed by atoms with Crippen LogP contribution in [-0.4, -0.2) is 12.7 Å². The van der Waals surface area contributed by atoms with Crippen LogP contribution < -0.4 is 5.32 Å². The minimum atomic E-state index is -4.20. The number of rotatable bonds is 4. The number of hydrogen-bond donors (Lipinski definition) is 1. The first-order valence-corrected chi connectivity index (χ1v) is 6.85. The zero-order valence-electron chi connectivity index (χ0n) is 10.7. The molecule has 0 radical (unpaired) electrons. The standard InChI is InChI=1S/C14H13F4NS/c1-9-11(6-19-8-14(16,17)18)7-20-13(9)10-2-4-12(15)5-3-10/h2-5,7,19H,6,8H2,1H3. The highest BCUT2D eigenvalue weighted by Gasteiger charge is 2.26. The van der Waals surface area contributed by atoms with Gasteiger partial charge < -0.3 is 5.32 Å². The Balaban J connectivity index is 2.09. The summed E-state index contributed by atoms with van der Waals surface area (Å²) in [5.41, 5.74) is 2.63. The first kappa shape index (κ1) is 15.0. The highest BCUT2D eigenvalue weighted by atomic mass is 32.1. The summed E-state index contributed by atoms with van der Waals surface area (Å²) in [5.74, 6) is -0.310. The molecule has 1 aromatic carbocycles. The van der Waals surface area contributed by atoms with E-state index in [4.69, 9.17) is 0 Å². The van der Waals surface area contributed by atoms with E-state index in [1.807, 2.05) is 12.3 Å². The van der Waals surface area contributed by atoms with Gasteiger partial charge in [0.15, 0.2) is 0 Å². The van der Waals surface area contributed by atoms with E-state index in [1.165, 1.54) is 23.5 Å². The molecule has 0 amide bonds. The van der Waals surface area contributed by atoms with Crippen molar-refractivity contribution in [3.8, 4) is 10.4 Å². The minimum Gasteiger partial charge on any atom is -0.305 e. The summed E-state index contributed by atoms with van der Waals surface area (Å²) in [4.78, 5) is 0.953. The Morgan fingerprint density at radius 1 is 1.15 bits per heavy atom. The van der Waals surface area contributed by atoms with Crippen molar-refractivity contribution < 1.29 is 17.6 Å². The highest BCUT2D eigenvalue weighted by molar-refractivity contribution is 7.14. The smallest absolute Gasteiger partial charge is 0.305 e. The lowest BCUT2D eigenvalue weighted by molar-refractivity contribution is -0.125. The van der Waals surface area contributed by atoms with Gasteiger partial charge in [-0.2, -0.15) is 13.2 Å². The number of benzene rings is 1. The summed E-state index contributed by atoms with van der Waals surface area (Å²) in [7, 11) is 0. The minimum absolute atomic E-state index is 0.170. The van der Waals surface area contributed by atoms with Crippen LogP contribution in [-0.2, 0) is 6.54 Å². The monoisotopic (exact) mass is 303 g/mol. The molecule has 0 bridgehead atoms. The van der Waals surface area contributed by atoms with Gasteiger partial charge in [0.1, 0.15) is 5.82 Å². The van der Waals surface area contributed by atoms with Gasteiger partial charge in [0.05, 0.1) is 6.54 Å². The van der Waals surface area contributed by atoms with E-state index >= 15 is 0 Å². The van der Waals surface area contributed by atoms with Crippen LogP contribution in [0.5, 0.6) is 0 Å². The third kappa shape index (κ3) is 3.80. The molecule has 20 heavy (non-hydrogen) atoms. The van der Waals surface area contributed by atoms with Gasteiger partial charge in [-0.15, -0.1) is 11.3 Å². The van der Waals surface area contributed by atoms with Crippen molar-refractivity contribution in [1.29, 1.82) is 0 Å². The lowest BCUT2D eigenvalue weighted by Crippen LogP contribution is -2.28. The Kier molecular flexibility index (Phi) is 4.45. The van der Waals surface area contributed by atoms with Crippen LogP contribution in [0.15, 0.2) is 29.6 Å². The van der Waals surface area contributed by atoms with Crippen molar-refractivity contribution in [2.75, 3.05) is 6.54 Å². The average molecular weight is 303 g/mol. The summed E-state index contributed by atoms with van der Waals surface area (Å²) >= 11 is 1.45. The van der Waals surface area contributed by atoms with Crippen molar-refractivity contribution in [1.82, 2.24) is 5.32 Å². The summed E-state index contributed by atoms with van der Waals surface area (Å²) in [6.07, 6.45) is -4.20. The summed E-state index contributed by atoms with van der Waals surface area (Å²) in [5, 5.41) is 4.21. The van der Waals surface area contributed by atoms with Crippen LogP contribution in [0.4, 0.5) is 17.6 Å². The van der Waals surface area contributed by atoms with Crippen molar-refractivity contribution in [2.45, 2.75) is 19.6 Å². The third-order valence-corrected chi connectivity index (χ3v) is 4.07. The molecule has 1 nitrogen and oxygen atoms in total. The average Bonchev–Trinajstić information content (AvgIpc) is 2.71. The van der Waals surface area contributed by atoms with Crippen LogP contribution >= 0.6 is 11.3 Å². The number of nitrogens with one attached hydrogen (secondary N) is 1. The molecule has 0 aliphatic carbocycles. The van der Waals surface area contributed by atoms with Crippen LogP contribution in [0, 0.1) is 12.7 Å². The molecule has 0 fully saturated rings. The number of alkyl halides is 3. The van der Waals surface area contributed by atoms with E-state index < -0.39 is 12.7 Å². The van der Waals surface area contributed by atoms with E-state index in [9.17, 15) is 17.6 Å². The zero-order valence-corrected chi connectivity index (χ0v) is 11.5. The second-order valence-corrected chi connectivity index (χ2v) is 5.32.